The van der Waals surface area contributed by atoms with Crippen molar-refractivity contribution in [1.29, 1.82) is 0 Å². The van der Waals surface area contributed by atoms with Crippen molar-refractivity contribution in [3.8, 4) is 0 Å². The Morgan fingerprint density at radius 2 is 0.829 bits per heavy atom. The molecule has 0 aliphatic rings. The first-order chi connectivity index (χ1) is 20.1. The van der Waals surface area contributed by atoms with E-state index >= 15 is 0 Å². The molecule has 0 aliphatic heterocycles. The first-order valence-corrected chi connectivity index (χ1v) is 18.3. The largest absolute Gasteiger partial charge is 0.394 e. The van der Waals surface area contributed by atoms with Gasteiger partial charge < -0.3 is 20.6 Å². The van der Waals surface area contributed by atoms with Crippen molar-refractivity contribution in [2.75, 3.05) is 6.61 Å². The zero-order chi connectivity index (χ0) is 30.2. The molecule has 0 fully saturated rings. The fraction of sp³-hybridized carbons (Fsp3) is 0.972. The quantitative estimate of drug-likeness (QED) is 0.0579. The van der Waals surface area contributed by atoms with E-state index in [-0.39, 0.29) is 12.5 Å². The standard InChI is InChI=1S/C36H73NO4/c1-3-5-7-9-11-13-15-17-18-19-20-22-24-26-28-30-34(39)36(41)33(32-38)37-35(40)31-29-27-25-23-21-16-14-12-10-8-6-4-2/h33-34,36,38-39,41H,3-32H2,1-2H3,(H,37,40). The van der Waals surface area contributed by atoms with E-state index in [1.54, 1.807) is 0 Å². The molecule has 0 saturated heterocycles. The molecule has 0 bridgehead atoms. The van der Waals surface area contributed by atoms with Crippen LogP contribution < -0.4 is 5.32 Å². The molecular formula is C36H73NO4. The molecule has 5 nitrogen and oxygen atoms in total. The molecule has 0 radical (unpaired) electrons. The molecule has 0 aliphatic carbocycles. The highest BCUT2D eigenvalue weighted by Crippen LogP contribution is 2.16. The smallest absolute Gasteiger partial charge is 0.220 e. The number of aliphatic hydroxyl groups is 3. The van der Waals surface area contributed by atoms with Crippen LogP contribution in [0.5, 0.6) is 0 Å². The van der Waals surface area contributed by atoms with E-state index in [4.69, 9.17) is 0 Å². The van der Waals surface area contributed by atoms with Gasteiger partial charge in [-0.1, -0.05) is 181 Å². The van der Waals surface area contributed by atoms with Gasteiger partial charge in [-0.05, 0) is 12.8 Å². The molecule has 1 amide bonds. The van der Waals surface area contributed by atoms with Crippen LogP contribution >= 0.6 is 0 Å². The maximum atomic E-state index is 12.3. The molecule has 246 valence electrons. The van der Waals surface area contributed by atoms with Gasteiger partial charge in [0.1, 0.15) is 6.10 Å². The highest BCUT2D eigenvalue weighted by atomic mass is 16.3. The number of hydrogen-bond acceptors (Lipinski definition) is 4. The van der Waals surface area contributed by atoms with Crippen LogP contribution in [-0.2, 0) is 4.79 Å². The third kappa shape index (κ3) is 27.9. The summed E-state index contributed by atoms with van der Waals surface area (Å²) in [4.78, 5) is 12.3. The molecule has 0 aromatic rings. The van der Waals surface area contributed by atoms with Crippen molar-refractivity contribution in [1.82, 2.24) is 5.32 Å². The van der Waals surface area contributed by atoms with Gasteiger partial charge in [0.15, 0.2) is 0 Å². The third-order valence-corrected chi connectivity index (χ3v) is 8.71. The van der Waals surface area contributed by atoms with E-state index in [0.717, 1.165) is 32.1 Å². The Kier molecular flexibility index (Phi) is 31.8. The van der Waals surface area contributed by atoms with Crippen LogP contribution in [0, 0.1) is 0 Å². The predicted molar refractivity (Wildman–Crippen MR) is 176 cm³/mol. The molecule has 0 rings (SSSR count). The van der Waals surface area contributed by atoms with E-state index in [2.05, 4.69) is 19.2 Å². The Hall–Kier alpha value is -0.650. The highest BCUT2D eigenvalue weighted by Gasteiger charge is 2.26. The summed E-state index contributed by atoms with van der Waals surface area (Å²) in [6.07, 6.45) is 33.3. The summed E-state index contributed by atoms with van der Waals surface area (Å²) in [5.41, 5.74) is 0. The minimum Gasteiger partial charge on any atom is -0.394 e. The number of hydrogen-bond donors (Lipinski definition) is 4. The second kappa shape index (κ2) is 32.3. The van der Waals surface area contributed by atoms with E-state index in [9.17, 15) is 20.1 Å². The number of carbonyl (C=O) groups excluding carboxylic acids is 1. The maximum absolute atomic E-state index is 12.3. The SMILES string of the molecule is CCCCCCCCCCCCCCCCCC(O)C(O)C(CO)NC(=O)CCCCCCCCCCCCCC. The van der Waals surface area contributed by atoms with Crippen LogP contribution in [0.25, 0.3) is 0 Å². The van der Waals surface area contributed by atoms with Gasteiger partial charge in [-0.15, -0.1) is 0 Å². The van der Waals surface area contributed by atoms with Crippen LogP contribution in [0.3, 0.4) is 0 Å². The molecule has 0 saturated carbocycles. The van der Waals surface area contributed by atoms with E-state index in [0.29, 0.717) is 12.8 Å². The summed E-state index contributed by atoms with van der Waals surface area (Å²) in [6, 6.07) is -0.800. The average Bonchev–Trinajstić information content (AvgIpc) is 2.97. The normalized spacial score (nSPS) is 13.8. The zero-order valence-electron chi connectivity index (χ0n) is 27.7. The van der Waals surface area contributed by atoms with Crippen LogP contribution in [0.15, 0.2) is 0 Å². The van der Waals surface area contributed by atoms with Gasteiger partial charge in [0.2, 0.25) is 5.91 Å². The molecule has 4 N–H and O–H groups in total. The van der Waals surface area contributed by atoms with Crippen LogP contribution in [-0.4, -0.2) is 46.1 Å². The summed E-state index contributed by atoms with van der Waals surface area (Å²) in [7, 11) is 0. The molecule has 3 unspecified atom stereocenters. The first-order valence-electron chi connectivity index (χ1n) is 18.3. The highest BCUT2D eigenvalue weighted by molar-refractivity contribution is 5.76. The molecular weight excluding hydrogens is 510 g/mol. The van der Waals surface area contributed by atoms with Crippen molar-refractivity contribution in [2.45, 2.75) is 218 Å². The minimum absolute atomic E-state index is 0.144. The van der Waals surface area contributed by atoms with E-state index < -0.39 is 18.2 Å². The van der Waals surface area contributed by atoms with Crippen LogP contribution in [0.1, 0.15) is 200 Å². The molecule has 5 heteroatoms. The second-order valence-electron chi connectivity index (χ2n) is 12.8. The summed E-state index contributed by atoms with van der Waals surface area (Å²) in [5, 5.41) is 33.3. The summed E-state index contributed by atoms with van der Waals surface area (Å²) in [6.45, 7) is 4.16. The molecule has 3 atom stereocenters. The topological polar surface area (TPSA) is 89.8 Å². The number of amides is 1. The predicted octanol–water partition coefficient (Wildman–Crippen LogP) is 9.54. The van der Waals surface area contributed by atoms with Crippen molar-refractivity contribution in [3.05, 3.63) is 0 Å². The molecule has 41 heavy (non-hydrogen) atoms. The van der Waals surface area contributed by atoms with Gasteiger partial charge in [-0.25, -0.2) is 0 Å². The number of carbonyl (C=O) groups is 1. The van der Waals surface area contributed by atoms with Crippen molar-refractivity contribution >= 4 is 5.91 Å². The fourth-order valence-corrected chi connectivity index (χ4v) is 5.81. The molecule has 0 aromatic heterocycles. The van der Waals surface area contributed by atoms with Crippen molar-refractivity contribution < 1.29 is 20.1 Å². The Morgan fingerprint density at radius 3 is 1.17 bits per heavy atom. The second-order valence-corrected chi connectivity index (χ2v) is 12.8. The van der Waals surface area contributed by atoms with Gasteiger partial charge in [0.05, 0.1) is 18.8 Å². The Balaban J connectivity index is 3.66. The fourth-order valence-electron chi connectivity index (χ4n) is 5.81. The van der Waals surface area contributed by atoms with Gasteiger partial charge in [-0.2, -0.15) is 0 Å². The summed E-state index contributed by atoms with van der Waals surface area (Å²) < 4.78 is 0. The van der Waals surface area contributed by atoms with Crippen LogP contribution in [0.4, 0.5) is 0 Å². The minimum atomic E-state index is -1.13. The lowest BCUT2D eigenvalue weighted by Gasteiger charge is -2.26. The molecule has 0 spiro atoms. The van der Waals surface area contributed by atoms with E-state index in [1.807, 2.05) is 0 Å². The van der Waals surface area contributed by atoms with Crippen molar-refractivity contribution in [2.24, 2.45) is 0 Å². The van der Waals surface area contributed by atoms with Gasteiger partial charge >= 0.3 is 0 Å². The Labute approximate surface area is 256 Å². The molecule has 0 aromatic carbocycles. The van der Waals surface area contributed by atoms with Crippen molar-refractivity contribution in [3.63, 3.8) is 0 Å². The first kappa shape index (κ1) is 40.4. The lowest BCUT2D eigenvalue weighted by atomic mass is 9.99. The molecule has 0 heterocycles. The van der Waals surface area contributed by atoms with Gasteiger partial charge in [0.25, 0.3) is 0 Å². The lowest BCUT2D eigenvalue weighted by molar-refractivity contribution is -0.124. The number of unbranched alkanes of at least 4 members (excludes halogenated alkanes) is 25. The number of rotatable bonds is 33. The third-order valence-electron chi connectivity index (χ3n) is 8.71. The Bertz CT molecular complexity index is 530. The van der Waals surface area contributed by atoms with Gasteiger partial charge in [0, 0.05) is 6.42 Å². The number of nitrogens with one attached hydrogen (secondary N) is 1. The van der Waals surface area contributed by atoms with Gasteiger partial charge in [-0.3, -0.25) is 4.79 Å². The van der Waals surface area contributed by atoms with E-state index in [1.165, 1.54) is 141 Å². The number of aliphatic hydroxyl groups excluding tert-OH is 3. The summed E-state index contributed by atoms with van der Waals surface area (Å²) in [5.74, 6) is -0.144. The zero-order valence-corrected chi connectivity index (χ0v) is 27.7. The monoisotopic (exact) mass is 584 g/mol. The lowest BCUT2D eigenvalue weighted by Crippen LogP contribution is -2.50. The Morgan fingerprint density at radius 1 is 0.512 bits per heavy atom. The average molecular weight is 584 g/mol. The van der Waals surface area contributed by atoms with Crippen LogP contribution in [0.2, 0.25) is 0 Å². The maximum Gasteiger partial charge on any atom is 0.220 e. The summed E-state index contributed by atoms with van der Waals surface area (Å²) >= 11 is 0.